The van der Waals surface area contributed by atoms with Gasteiger partial charge in [-0.15, -0.1) is 11.3 Å². The smallest absolute Gasteiger partial charge is 0.261 e. The van der Waals surface area contributed by atoms with Gasteiger partial charge in [0.1, 0.15) is 11.5 Å². The largest absolute Gasteiger partial charge is 0.497 e. The van der Waals surface area contributed by atoms with Gasteiger partial charge in [0.05, 0.1) is 25.5 Å². The number of hydrogen-bond acceptors (Lipinski definition) is 5. The van der Waals surface area contributed by atoms with Crippen molar-refractivity contribution in [2.75, 3.05) is 19.5 Å². The normalized spacial score (nSPS) is 10.6. The molecule has 28 heavy (non-hydrogen) atoms. The first-order chi connectivity index (χ1) is 13.7. The average Bonchev–Trinajstić information content (AvgIpc) is 3.21. The van der Waals surface area contributed by atoms with E-state index in [2.05, 4.69) is 28.5 Å². The van der Waals surface area contributed by atoms with Crippen molar-refractivity contribution in [1.29, 1.82) is 0 Å². The van der Waals surface area contributed by atoms with Gasteiger partial charge in [0.25, 0.3) is 5.91 Å². The molecule has 140 valence electrons. The van der Waals surface area contributed by atoms with Gasteiger partial charge in [-0.1, -0.05) is 42.5 Å². The molecule has 4 aromatic rings. The molecule has 1 amide bonds. The molecule has 0 radical (unpaired) electrons. The van der Waals surface area contributed by atoms with Crippen LogP contribution in [0, 0.1) is 0 Å². The Morgan fingerprint density at radius 1 is 1.00 bits per heavy atom. The fraction of sp³-hybridized carbons (Fsp3) is 0.0909. The second-order valence-electron chi connectivity index (χ2n) is 6.08. The van der Waals surface area contributed by atoms with Crippen molar-refractivity contribution in [3.8, 4) is 22.8 Å². The van der Waals surface area contributed by atoms with Gasteiger partial charge in [0.2, 0.25) is 0 Å². The first-order valence-electron chi connectivity index (χ1n) is 8.66. The van der Waals surface area contributed by atoms with Crippen molar-refractivity contribution < 1.29 is 14.3 Å². The first kappa shape index (κ1) is 18.0. The molecule has 0 fully saturated rings. The molecule has 5 nitrogen and oxygen atoms in total. The molecule has 0 aliphatic rings. The van der Waals surface area contributed by atoms with Crippen molar-refractivity contribution in [1.82, 2.24) is 4.98 Å². The Morgan fingerprint density at radius 2 is 1.82 bits per heavy atom. The minimum absolute atomic E-state index is 0.297. The zero-order chi connectivity index (χ0) is 19.5. The summed E-state index contributed by atoms with van der Waals surface area (Å²) in [6, 6.07) is 19.4. The maximum absolute atomic E-state index is 12.7. The summed E-state index contributed by atoms with van der Waals surface area (Å²) in [5.41, 5.74) is 2.26. The number of amides is 1. The monoisotopic (exact) mass is 390 g/mol. The standard InChI is InChI=1S/C22H18N2O3S/c1-26-15-10-11-20(27-2)18(12-15)21(25)24-22-23-19(13-28-22)17-9-5-7-14-6-3-4-8-16(14)17/h3-13H,1-2H3,(H,23,24,25). The Kier molecular flexibility index (Phi) is 4.95. The molecule has 0 aliphatic carbocycles. The number of nitrogens with zero attached hydrogens (tertiary/aromatic N) is 1. The third-order valence-electron chi connectivity index (χ3n) is 4.44. The zero-order valence-corrected chi connectivity index (χ0v) is 16.2. The van der Waals surface area contributed by atoms with E-state index in [0.717, 1.165) is 22.0 Å². The topological polar surface area (TPSA) is 60.5 Å². The zero-order valence-electron chi connectivity index (χ0n) is 15.4. The van der Waals surface area contributed by atoms with E-state index in [4.69, 9.17) is 9.47 Å². The van der Waals surface area contributed by atoms with Crippen LogP contribution in [0.15, 0.2) is 66.0 Å². The summed E-state index contributed by atoms with van der Waals surface area (Å²) in [7, 11) is 3.08. The number of hydrogen-bond donors (Lipinski definition) is 1. The van der Waals surface area contributed by atoms with E-state index < -0.39 is 0 Å². The number of benzene rings is 3. The minimum Gasteiger partial charge on any atom is -0.497 e. The lowest BCUT2D eigenvalue weighted by Gasteiger charge is -2.09. The number of aromatic nitrogens is 1. The summed E-state index contributed by atoms with van der Waals surface area (Å²) in [6.45, 7) is 0. The predicted octanol–water partition coefficient (Wildman–Crippen LogP) is 5.23. The van der Waals surface area contributed by atoms with Crippen LogP contribution in [0.3, 0.4) is 0 Å². The van der Waals surface area contributed by atoms with E-state index in [1.165, 1.54) is 18.4 Å². The van der Waals surface area contributed by atoms with Gasteiger partial charge >= 0.3 is 0 Å². The quantitative estimate of drug-likeness (QED) is 0.507. The van der Waals surface area contributed by atoms with Crippen LogP contribution in [0.25, 0.3) is 22.0 Å². The third-order valence-corrected chi connectivity index (χ3v) is 5.20. The summed E-state index contributed by atoms with van der Waals surface area (Å²) < 4.78 is 10.5. The van der Waals surface area contributed by atoms with Crippen LogP contribution in [0.5, 0.6) is 11.5 Å². The SMILES string of the molecule is COc1ccc(OC)c(C(=O)Nc2nc(-c3cccc4ccccc34)cs2)c1. The van der Waals surface area contributed by atoms with Gasteiger partial charge in [0.15, 0.2) is 5.13 Å². The van der Waals surface area contributed by atoms with Crippen molar-refractivity contribution in [2.45, 2.75) is 0 Å². The average molecular weight is 390 g/mol. The van der Waals surface area contributed by atoms with Crippen molar-refractivity contribution >= 4 is 33.1 Å². The van der Waals surface area contributed by atoms with Crippen LogP contribution in [0.2, 0.25) is 0 Å². The van der Waals surface area contributed by atoms with Gasteiger partial charge in [0, 0.05) is 10.9 Å². The fourth-order valence-corrected chi connectivity index (χ4v) is 3.77. The van der Waals surface area contributed by atoms with Crippen LogP contribution in [0.1, 0.15) is 10.4 Å². The lowest BCUT2D eigenvalue weighted by Crippen LogP contribution is -2.13. The van der Waals surface area contributed by atoms with Gasteiger partial charge in [-0.3, -0.25) is 10.1 Å². The molecular formula is C22H18N2O3S. The molecule has 1 N–H and O–H groups in total. The van der Waals surface area contributed by atoms with Crippen LogP contribution >= 0.6 is 11.3 Å². The molecule has 4 rings (SSSR count). The molecule has 1 heterocycles. The molecule has 0 spiro atoms. The molecular weight excluding hydrogens is 372 g/mol. The Labute approximate surface area is 166 Å². The number of ether oxygens (including phenoxy) is 2. The highest BCUT2D eigenvalue weighted by molar-refractivity contribution is 7.14. The Bertz CT molecular complexity index is 1150. The molecule has 0 saturated heterocycles. The number of thiazole rings is 1. The fourth-order valence-electron chi connectivity index (χ4n) is 3.06. The van der Waals surface area contributed by atoms with Crippen molar-refractivity contribution in [3.05, 3.63) is 71.6 Å². The van der Waals surface area contributed by atoms with Gasteiger partial charge in [-0.05, 0) is 29.0 Å². The number of fused-ring (bicyclic) bond motifs is 1. The lowest BCUT2D eigenvalue weighted by atomic mass is 10.0. The number of rotatable bonds is 5. The highest BCUT2D eigenvalue weighted by Gasteiger charge is 2.16. The number of anilines is 1. The summed E-state index contributed by atoms with van der Waals surface area (Å²) in [6.07, 6.45) is 0. The Balaban J connectivity index is 1.63. The number of methoxy groups -OCH3 is 2. The molecule has 0 bridgehead atoms. The van der Waals surface area contributed by atoms with E-state index in [-0.39, 0.29) is 5.91 Å². The predicted molar refractivity (Wildman–Crippen MR) is 113 cm³/mol. The number of carbonyl (C=O) groups excluding carboxylic acids is 1. The first-order valence-corrected chi connectivity index (χ1v) is 9.54. The van der Waals surface area contributed by atoms with E-state index >= 15 is 0 Å². The number of carbonyl (C=O) groups is 1. The summed E-state index contributed by atoms with van der Waals surface area (Å²) in [5.74, 6) is 0.764. The Morgan fingerprint density at radius 3 is 2.64 bits per heavy atom. The van der Waals surface area contributed by atoms with Gasteiger partial charge < -0.3 is 9.47 Å². The van der Waals surface area contributed by atoms with Gasteiger partial charge in [-0.25, -0.2) is 4.98 Å². The Hall–Kier alpha value is -3.38. The van der Waals surface area contributed by atoms with Crippen LogP contribution < -0.4 is 14.8 Å². The maximum atomic E-state index is 12.7. The third kappa shape index (κ3) is 3.42. The summed E-state index contributed by atoms with van der Waals surface area (Å²) in [5, 5.41) is 7.61. The molecule has 0 saturated carbocycles. The molecule has 0 aliphatic heterocycles. The van der Waals surface area contributed by atoms with Crippen LogP contribution in [-0.4, -0.2) is 25.1 Å². The van der Waals surface area contributed by atoms with Crippen molar-refractivity contribution in [3.63, 3.8) is 0 Å². The van der Waals surface area contributed by atoms with E-state index in [1.807, 2.05) is 29.6 Å². The summed E-state index contributed by atoms with van der Waals surface area (Å²) in [4.78, 5) is 17.3. The minimum atomic E-state index is -0.297. The molecule has 6 heteroatoms. The van der Waals surface area contributed by atoms with E-state index in [0.29, 0.717) is 22.2 Å². The van der Waals surface area contributed by atoms with Gasteiger partial charge in [-0.2, -0.15) is 0 Å². The molecule has 3 aromatic carbocycles. The molecule has 0 atom stereocenters. The van der Waals surface area contributed by atoms with E-state index in [9.17, 15) is 4.79 Å². The van der Waals surface area contributed by atoms with Crippen LogP contribution in [-0.2, 0) is 0 Å². The van der Waals surface area contributed by atoms with Crippen LogP contribution in [0.4, 0.5) is 5.13 Å². The van der Waals surface area contributed by atoms with E-state index in [1.54, 1.807) is 25.3 Å². The molecule has 1 aromatic heterocycles. The molecule has 0 unspecified atom stereocenters. The lowest BCUT2D eigenvalue weighted by molar-refractivity contribution is 0.102. The summed E-state index contributed by atoms with van der Waals surface area (Å²) >= 11 is 1.38. The highest BCUT2D eigenvalue weighted by Crippen LogP contribution is 2.31. The maximum Gasteiger partial charge on any atom is 0.261 e. The van der Waals surface area contributed by atoms with Crippen molar-refractivity contribution in [2.24, 2.45) is 0 Å². The highest BCUT2D eigenvalue weighted by atomic mass is 32.1. The second kappa shape index (κ2) is 7.70. The second-order valence-corrected chi connectivity index (χ2v) is 6.94. The number of nitrogens with one attached hydrogen (secondary N) is 1.